The summed E-state index contributed by atoms with van der Waals surface area (Å²) in [7, 11) is 5.41. The van der Waals surface area contributed by atoms with Crippen LogP contribution in [0.2, 0.25) is 0 Å². The SMILES string of the molecule is COc1ccc2sc(N(CCN(C)C)C(=O)CN3C(=O)c4ccccc4C3=O)nc2c1. The van der Waals surface area contributed by atoms with Crippen molar-refractivity contribution >= 4 is 44.4 Å². The molecule has 9 heteroatoms. The van der Waals surface area contributed by atoms with E-state index in [1.54, 1.807) is 36.3 Å². The molecule has 0 fully saturated rings. The van der Waals surface area contributed by atoms with E-state index in [-0.39, 0.29) is 12.5 Å². The summed E-state index contributed by atoms with van der Waals surface area (Å²) in [5.74, 6) is -0.574. The number of methoxy groups -OCH3 is 1. The van der Waals surface area contributed by atoms with Gasteiger partial charge in [-0.3, -0.25) is 24.2 Å². The number of fused-ring (bicyclic) bond motifs is 2. The van der Waals surface area contributed by atoms with Crippen LogP contribution in [0.1, 0.15) is 20.7 Å². The number of imide groups is 1. The van der Waals surface area contributed by atoms with Crippen molar-refractivity contribution in [2.24, 2.45) is 0 Å². The van der Waals surface area contributed by atoms with E-state index in [2.05, 4.69) is 4.98 Å². The minimum Gasteiger partial charge on any atom is -0.497 e. The summed E-state index contributed by atoms with van der Waals surface area (Å²) in [6.07, 6.45) is 0. The molecule has 1 aliphatic heterocycles. The van der Waals surface area contributed by atoms with Crippen molar-refractivity contribution in [3.05, 3.63) is 53.6 Å². The second-order valence-corrected chi connectivity index (χ2v) is 8.43. The number of aromatic nitrogens is 1. The molecule has 0 aliphatic carbocycles. The maximum Gasteiger partial charge on any atom is 0.262 e. The van der Waals surface area contributed by atoms with Gasteiger partial charge in [0.25, 0.3) is 11.8 Å². The van der Waals surface area contributed by atoms with Gasteiger partial charge in [-0.15, -0.1) is 0 Å². The van der Waals surface area contributed by atoms with Crippen LogP contribution >= 0.6 is 11.3 Å². The molecule has 8 nitrogen and oxygen atoms in total. The third kappa shape index (κ3) is 4.01. The average molecular weight is 439 g/mol. The Kier molecular flexibility index (Phi) is 5.71. The first-order chi connectivity index (χ1) is 14.9. The van der Waals surface area contributed by atoms with Gasteiger partial charge in [-0.1, -0.05) is 23.5 Å². The van der Waals surface area contributed by atoms with E-state index >= 15 is 0 Å². The highest BCUT2D eigenvalue weighted by molar-refractivity contribution is 7.22. The molecule has 0 N–H and O–H groups in total. The van der Waals surface area contributed by atoms with Crippen molar-refractivity contribution in [3.8, 4) is 5.75 Å². The molecule has 3 amide bonds. The Labute approximate surface area is 183 Å². The van der Waals surface area contributed by atoms with Crippen molar-refractivity contribution in [1.29, 1.82) is 0 Å². The molecule has 0 radical (unpaired) electrons. The van der Waals surface area contributed by atoms with Crippen LogP contribution in [0.4, 0.5) is 5.13 Å². The normalized spacial score (nSPS) is 13.2. The van der Waals surface area contributed by atoms with Crippen molar-refractivity contribution in [3.63, 3.8) is 0 Å². The Balaban J connectivity index is 1.61. The van der Waals surface area contributed by atoms with Gasteiger partial charge in [0, 0.05) is 19.2 Å². The fraction of sp³-hybridized carbons (Fsp3) is 0.273. The highest BCUT2D eigenvalue weighted by atomic mass is 32.1. The minimum absolute atomic E-state index is 0.326. The Morgan fingerprint density at radius 3 is 2.35 bits per heavy atom. The molecule has 3 aromatic rings. The molecule has 2 aromatic carbocycles. The number of likely N-dealkylation sites (N-methyl/N-ethyl adjacent to an activating group) is 1. The molecule has 0 saturated heterocycles. The lowest BCUT2D eigenvalue weighted by atomic mass is 10.1. The fourth-order valence-electron chi connectivity index (χ4n) is 3.37. The highest BCUT2D eigenvalue weighted by Crippen LogP contribution is 2.31. The summed E-state index contributed by atoms with van der Waals surface area (Å²) in [6.45, 7) is 0.651. The first kappa shape index (κ1) is 21.0. The van der Waals surface area contributed by atoms with Crippen LogP contribution in [0.25, 0.3) is 10.2 Å². The number of carbonyl (C=O) groups is 3. The maximum absolute atomic E-state index is 13.3. The van der Waals surface area contributed by atoms with E-state index in [4.69, 9.17) is 4.74 Å². The lowest BCUT2D eigenvalue weighted by Crippen LogP contribution is -2.45. The van der Waals surface area contributed by atoms with Gasteiger partial charge < -0.3 is 9.64 Å². The summed E-state index contributed by atoms with van der Waals surface area (Å²) >= 11 is 1.38. The largest absolute Gasteiger partial charge is 0.497 e. The molecule has 2 heterocycles. The molecule has 0 atom stereocenters. The van der Waals surface area contributed by atoms with Crippen LogP contribution < -0.4 is 9.64 Å². The number of amides is 3. The zero-order chi connectivity index (χ0) is 22.1. The van der Waals surface area contributed by atoms with Gasteiger partial charge in [0.05, 0.1) is 28.5 Å². The van der Waals surface area contributed by atoms with E-state index in [0.717, 1.165) is 15.1 Å². The van der Waals surface area contributed by atoms with Gasteiger partial charge in [0.1, 0.15) is 12.3 Å². The Morgan fingerprint density at radius 1 is 1.06 bits per heavy atom. The van der Waals surface area contributed by atoms with Gasteiger partial charge in [-0.05, 0) is 38.4 Å². The number of thiazole rings is 1. The number of hydrogen-bond acceptors (Lipinski definition) is 7. The molecule has 0 saturated carbocycles. The quantitative estimate of drug-likeness (QED) is 0.527. The monoisotopic (exact) mass is 438 g/mol. The van der Waals surface area contributed by atoms with Crippen molar-refractivity contribution in [1.82, 2.24) is 14.8 Å². The van der Waals surface area contributed by atoms with Crippen molar-refractivity contribution in [2.75, 3.05) is 45.7 Å². The fourth-order valence-corrected chi connectivity index (χ4v) is 4.36. The van der Waals surface area contributed by atoms with E-state index in [1.807, 2.05) is 37.2 Å². The Hall–Kier alpha value is -3.30. The molecular weight excluding hydrogens is 416 g/mol. The summed E-state index contributed by atoms with van der Waals surface area (Å²) in [4.78, 5) is 47.7. The Morgan fingerprint density at radius 2 is 1.74 bits per heavy atom. The maximum atomic E-state index is 13.3. The van der Waals surface area contributed by atoms with Crippen LogP contribution in [0.3, 0.4) is 0 Å². The number of carbonyl (C=O) groups excluding carboxylic acids is 3. The topological polar surface area (TPSA) is 83.0 Å². The average Bonchev–Trinajstić information content (AvgIpc) is 3.28. The van der Waals surface area contributed by atoms with Crippen LogP contribution in [0.5, 0.6) is 5.75 Å². The molecule has 1 aliphatic rings. The number of anilines is 1. The summed E-state index contributed by atoms with van der Waals surface area (Å²) in [5, 5.41) is 0.520. The molecule has 4 rings (SSSR count). The highest BCUT2D eigenvalue weighted by Gasteiger charge is 2.37. The second-order valence-electron chi connectivity index (χ2n) is 7.42. The molecule has 0 bridgehead atoms. The molecule has 1 aromatic heterocycles. The van der Waals surface area contributed by atoms with Crippen LogP contribution in [-0.2, 0) is 4.79 Å². The first-order valence-corrected chi connectivity index (χ1v) is 10.6. The smallest absolute Gasteiger partial charge is 0.262 e. The number of hydrogen-bond donors (Lipinski definition) is 0. The number of rotatable bonds is 7. The van der Waals surface area contributed by atoms with Crippen LogP contribution in [0.15, 0.2) is 42.5 Å². The first-order valence-electron chi connectivity index (χ1n) is 9.74. The van der Waals surface area contributed by atoms with Gasteiger partial charge in [-0.2, -0.15) is 0 Å². The third-order valence-corrected chi connectivity index (χ3v) is 6.12. The molecule has 0 unspecified atom stereocenters. The van der Waals surface area contributed by atoms with Gasteiger partial charge in [0.15, 0.2) is 5.13 Å². The zero-order valence-corrected chi connectivity index (χ0v) is 18.3. The summed E-state index contributed by atoms with van der Waals surface area (Å²) < 4.78 is 6.17. The summed E-state index contributed by atoms with van der Waals surface area (Å²) in [6, 6.07) is 12.2. The third-order valence-electron chi connectivity index (χ3n) is 5.06. The zero-order valence-electron chi connectivity index (χ0n) is 17.5. The Bertz CT molecular complexity index is 1140. The van der Waals surface area contributed by atoms with E-state index < -0.39 is 11.8 Å². The van der Waals surface area contributed by atoms with Crippen molar-refractivity contribution in [2.45, 2.75) is 0 Å². The van der Waals surface area contributed by atoms with E-state index in [1.165, 1.54) is 11.3 Å². The minimum atomic E-state index is -0.449. The molecule has 31 heavy (non-hydrogen) atoms. The number of benzene rings is 2. The predicted octanol–water partition coefficient (Wildman–Crippen LogP) is 2.50. The van der Waals surface area contributed by atoms with Gasteiger partial charge in [0.2, 0.25) is 5.91 Å². The number of nitrogens with zero attached hydrogens (tertiary/aromatic N) is 4. The lowest BCUT2D eigenvalue weighted by molar-refractivity contribution is -0.119. The van der Waals surface area contributed by atoms with Gasteiger partial charge in [-0.25, -0.2) is 4.98 Å². The standard InChI is InChI=1S/C22H22N4O4S/c1-24(2)10-11-25(22-23-17-12-14(30-3)8-9-18(17)31-22)19(27)13-26-20(28)15-6-4-5-7-16(15)21(26)29/h4-9,12H,10-11,13H2,1-3H3. The predicted molar refractivity (Wildman–Crippen MR) is 119 cm³/mol. The van der Waals surface area contributed by atoms with Crippen molar-refractivity contribution < 1.29 is 19.1 Å². The van der Waals surface area contributed by atoms with E-state index in [0.29, 0.717) is 35.1 Å². The van der Waals surface area contributed by atoms with Crippen LogP contribution in [-0.4, -0.2) is 73.3 Å². The molecule has 160 valence electrons. The van der Waals surface area contributed by atoms with E-state index in [9.17, 15) is 14.4 Å². The molecular formula is C22H22N4O4S. The van der Waals surface area contributed by atoms with Gasteiger partial charge >= 0.3 is 0 Å². The molecule has 0 spiro atoms. The second kappa shape index (κ2) is 8.44. The van der Waals surface area contributed by atoms with Crippen LogP contribution in [0, 0.1) is 0 Å². The number of ether oxygens (including phenoxy) is 1. The lowest BCUT2D eigenvalue weighted by Gasteiger charge is -2.24. The summed E-state index contributed by atoms with van der Waals surface area (Å²) in [5.41, 5.74) is 1.38.